The maximum Gasteiger partial charge on any atom is 0.278 e. The molecule has 0 radical (unpaired) electrons. The Labute approximate surface area is 345 Å². The van der Waals surface area contributed by atoms with Crippen molar-refractivity contribution in [3.05, 3.63) is 93.4 Å². The zero-order valence-corrected chi connectivity index (χ0v) is 33.9. The molecule has 1 unspecified atom stereocenters. The van der Waals surface area contributed by atoms with Gasteiger partial charge < -0.3 is 20.9 Å². The van der Waals surface area contributed by atoms with Crippen molar-refractivity contribution in [2.45, 2.75) is 58.5 Å². The van der Waals surface area contributed by atoms with Gasteiger partial charge in [-0.3, -0.25) is 29.4 Å². The number of aryl methyl sites for hydroxylation is 3. The minimum atomic E-state index is -0.885. The van der Waals surface area contributed by atoms with Gasteiger partial charge in [0.15, 0.2) is 11.5 Å². The Hall–Kier alpha value is -6.75. The van der Waals surface area contributed by atoms with Gasteiger partial charge in [0.25, 0.3) is 11.5 Å². The minimum absolute atomic E-state index is 0.0146. The van der Waals surface area contributed by atoms with Crippen LogP contribution in [0.1, 0.15) is 54.0 Å². The fraction of sp³-hybridized carbons (Fsp3) is 0.372. The Morgan fingerprint density at radius 2 is 1.68 bits per heavy atom. The number of nitrogens with zero attached hydrogens (tertiary/aromatic N) is 9. The second-order valence-electron chi connectivity index (χ2n) is 16.1. The summed E-state index contributed by atoms with van der Waals surface area (Å²) in [7, 11) is 1.89. The molecule has 9 rings (SSSR count). The molecule has 0 aliphatic carbocycles. The van der Waals surface area contributed by atoms with Crippen LogP contribution in [0.2, 0.25) is 0 Å². The monoisotopic (exact) mass is 809 g/mol. The van der Waals surface area contributed by atoms with E-state index in [2.05, 4.69) is 85.6 Å². The van der Waals surface area contributed by atoms with Gasteiger partial charge in [-0.1, -0.05) is 29.5 Å². The molecule has 2 fully saturated rings. The van der Waals surface area contributed by atoms with Crippen LogP contribution in [0.25, 0.3) is 21.9 Å². The van der Waals surface area contributed by atoms with Crippen LogP contribution in [0.5, 0.6) is 0 Å². The van der Waals surface area contributed by atoms with E-state index in [-0.39, 0.29) is 31.2 Å². The molecule has 3 aliphatic heterocycles. The number of amides is 3. The lowest BCUT2D eigenvalue weighted by atomic mass is 9.93. The summed E-state index contributed by atoms with van der Waals surface area (Å²) in [5.41, 5.74) is 8.19. The molecule has 2 saturated heterocycles. The Morgan fingerprint density at radius 1 is 0.883 bits per heavy atom. The van der Waals surface area contributed by atoms with Gasteiger partial charge >= 0.3 is 0 Å². The van der Waals surface area contributed by atoms with E-state index in [1.807, 2.05) is 24.2 Å². The van der Waals surface area contributed by atoms with Crippen LogP contribution in [-0.4, -0.2) is 95.0 Å². The Morgan fingerprint density at radius 3 is 2.48 bits per heavy atom. The van der Waals surface area contributed by atoms with Crippen LogP contribution in [0.4, 0.5) is 28.8 Å². The summed E-state index contributed by atoms with van der Waals surface area (Å²) in [5.74, 6) is 0.819. The fourth-order valence-corrected chi connectivity index (χ4v) is 8.60. The molecule has 3 aromatic heterocycles. The third-order valence-corrected chi connectivity index (χ3v) is 12.0. The van der Waals surface area contributed by atoms with Crippen LogP contribution in [0, 0.1) is 19.8 Å². The molecule has 3 amide bonds. The Kier molecular flexibility index (Phi) is 10.4. The van der Waals surface area contributed by atoms with Crippen LogP contribution in [-0.2, 0) is 34.4 Å². The summed E-state index contributed by atoms with van der Waals surface area (Å²) >= 11 is 0. The summed E-state index contributed by atoms with van der Waals surface area (Å²) in [6.45, 7) is 8.54. The van der Waals surface area contributed by atoms with E-state index in [1.54, 1.807) is 22.9 Å². The topological polar surface area (TPSA) is 197 Å². The number of para-hydroxylation sites is 1. The lowest BCUT2D eigenvalue weighted by molar-refractivity contribution is -0.136. The molecule has 3 aliphatic rings. The van der Waals surface area contributed by atoms with E-state index in [4.69, 9.17) is 10.1 Å². The van der Waals surface area contributed by atoms with E-state index in [0.29, 0.717) is 41.5 Å². The highest BCUT2D eigenvalue weighted by atomic mass is 16.2. The number of hydrogen-bond donors (Lipinski definition) is 4. The summed E-state index contributed by atoms with van der Waals surface area (Å²) in [6.07, 6.45) is 5.01. The maximum absolute atomic E-state index is 13.2. The zero-order valence-electron chi connectivity index (χ0n) is 33.9. The van der Waals surface area contributed by atoms with Crippen LogP contribution < -0.4 is 26.8 Å². The summed E-state index contributed by atoms with van der Waals surface area (Å²) < 4.78 is 2.81. The molecule has 6 heterocycles. The smallest absolute Gasteiger partial charge is 0.278 e. The number of benzene rings is 3. The molecule has 6 aromatic rings. The molecule has 0 saturated carbocycles. The van der Waals surface area contributed by atoms with Gasteiger partial charge in [0, 0.05) is 69.5 Å². The third kappa shape index (κ3) is 7.87. The van der Waals surface area contributed by atoms with Gasteiger partial charge in [-0.25, -0.2) is 9.67 Å². The molecular weight excluding hydrogens is 763 g/mol. The normalized spacial score (nSPS) is 17.4. The van der Waals surface area contributed by atoms with Gasteiger partial charge in [0.1, 0.15) is 11.6 Å². The molecule has 308 valence electrons. The standard InChI is InChI=1S/C43H47N13O4/c1-25-5-4-6-26(2)38(25)48-39-33-21-45-43(49-40(33)53(3)51-39)46-31-8-7-28-15-16-54(24-29(28)19-31)23-27-13-17-55(18-14-27)37(58)22-44-30-9-10-32-34(20-30)50-52-56(42(32)60)35-11-12-36(57)47-41(35)59/h4-10,19-21,27,35,44H,11-18,22-24H2,1-3H3,(H,48,51)(H,45,46,49)(H,47,57,59). The number of fused-ring (bicyclic) bond motifs is 3. The maximum atomic E-state index is 13.2. The largest absolute Gasteiger partial charge is 0.376 e. The third-order valence-electron chi connectivity index (χ3n) is 12.0. The zero-order chi connectivity index (χ0) is 41.5. The summed E-state index contributed by atoms with van der Waals surface area (Å²) in [5, 5.41) is 26.3. The molecule has 4 N–H and O–H groups in total. The van der Waals surface area contributed by atoms with Crippen LogP contribution in [0.15, 0.2) is 65.6 Å². The predicted molar refractivity (Wildman–Crippen MR) is 227 cm³/mol. The first-order valence-electron chi connectivity index (χ1n) is 20.4. The van der Waals surface area contributed by atoms with Crippen molar-refractivity contribution < 1.29 is 14.4 Å². The predicted octanol–water partition coefficient (Wildman–Crippen LogP) is 4.26. The quantitative estimate of drug-likeness (QED) is 0.144. The average molecular weight is 810 g/mol. The van der Waals surface area contributed by atoms with E-state index >= 15 is 0 Å². The number of piperidine rings is 2. The van der Waals surface area contributed by atoms with Crippen molar-refractivity contribution in [3.8, 4) is 0 Å². The lowest BCUT2D eigenvalue weighted by Crippen LogP contribution is -2.45. The number of carbonyl (C=O) groups excluding carboxylic acids is 3. The van der Waals surface area contributed by atoms with Gasteiger partial charge in [0.05, 0.1) is 17.3 Å². The van der Waals surface area contributed by atoms with Crippen molar-refractivity contribution >= 4 is 68.5 Å². The van der Waals surface area contributed by atoms with Crippen molar-refractivity contribution in [2.75, 3.05) is 48.7 Å². The number of nitrogens with one attached hydrogen (secondary N) is 4. The van der Waals surface area contributed by atoms with E-state index in [0.717, 1.165) is 82.9 Å². The second-order valence-corrected chi connectivity index (χ2v) is 16.1. The summed E-state index contributed by atoms with van der Waals surface area (Å²) in [6, 6.07) is 16.8. The highest BCUT2D eigenvalue weighted by Gasteiger charge is 2.31. The molecule has 3 aromatic carbocycles. The minimum Gasteiger partial charge on any atom is -0.376 e. The highest BCUT2D eigenvalue weighted by Crippen LogP contribution is 2.30. The van der Waals surface area contributed by atoms with Gasteiger partial charge in [-0.05, 0) is 98.0 Å². The second kappa shape index (κ2) is 16.1. The molecule has 1 atom stereocenters. The van der Waals surface area contributed by atoms with E-state index in [1.165, 1.54) is 11.1 Å². The number of likely N-dealkylation sites (tertiary alicyclic amines) is 1. The molecular formula is C43H47N13O4. The van der Waals surface area contributed by atoms with Crippen molar-refractivity contribution in [1.29, 1.82) is 0 Å². The van der Waals surface area contributed by atoms with Crippen LogP contribution >= 0.6 is 0 Å². The highest BCUT2D eigenvalue weighted by molar-refractivity contribution is 5.99. The number of hydrogen-bond acceptors (Lipinski definition) is 13. The number of carbonyl (C=O) groups is 3. The average Bonchev–Trinajstić information content (AvgIpc) is 3.55. The molecule has 17 nitrogen and oxygen atoms in total. The first-order chi connectivity index (χ1) is 29.1. The lowest BCUT2D eigenvalue weighted by Gasteiger charge is -2.36. The Bertz CT molecular complexity index is 2700. The number of imide groups is 1. The summed E-state index contributed by atoms with van der Waals surface area (Å²) in [4.78, 5) is 64.1. The molecule has 0 bridgehead atoms. The van der Waals surface area contributed by atoms with Gasteiger partial charge in [0.2, 0.25) is 17.8 Å². The molecule has 17 heteroatoms. The SMILES string of the molecule is Cc1cccc(C)c1Nc1nn(C)c2nc(Nc3ccc4c(c3)CN(CC3CCN(C(=O)CNc5ccc6c(=O)n(C7CCC(=O)NC7=O)nnc6c5)CC3)CC4)ncc12. The first-order valence-corrected chi connectivity index (χ1v) is 20.4. The number of aromatic nitrogens is 7. The molecule has 60 heavy (non-hydrogen) atoms. The van der Waals surface area contributed by atoms with E-state index < -0.39 is 17.5 Å². The van der Waals surface area contributed by atoms with Gasteiger partial charge in [-0.2, -0.15) is 14.8 Å². The number of rotatable bonds is 10. The fourth-order valence-electron chi connectivity index (χ4n) is 8.60. The number of anilines is 5. The first kappa shape index (κ1) is 38.8. The van der Waals surface area contributed by atoms with E-state index in [9.17, 15) is 19.2 Å². The van der Waals surface area contributed by atoms with Crippen molar-refractivity contribution in [3.63, 3.8) is 0 Å². The van der Waals surface area contributed by atoms with Crippen molar-refractivity contribution in [1.82, 2.24) is 49.9 Å². The molecule has 0 spiro atoms. The van der Waals surface area contributed by atoms with Gasteiger partial charge in [-0.15, -0.1) is 5.10 Å². The van der Waals surface area contributed by atoms with Crippen LogP contribution in [0.3, 0.4) is 0 Å². The van der Waals surface area contributed by atoms with Crippen molar-refractivity contribution in [2.24, 2.45) is 13.0 Å². The Balaban J connectivity index is 0.761.